The second-order valence-electron chi connectivity index (χ2n) is 6.50. The first-order valence-corrected chi connectivity index (χ1v) is 8.88. The number of ketones is 2. The Morgan fingerprint density at radius 1 is 1.31 bits per heavy atom. The molecule has 1 fully saturated rings. The number of aromatic nitrogens is 1. The molecule has 1 aromatic heterocycles. The van der Waals surface area contributed by atoms with Crippen LogP contribution in [0.4, 0.5) is 8.78 Å². The van der Waals surface area contributed by atoms with E-state index in [9.17, 15) is 18.4 Å². The number of hydrogen-bond donors (Lipinski definition) is 0. The van der Waals surface area contributed by atoms with E-state index in [1.807, 2.05) is 6.92 Å². The summed E-state index contributed by atoms with van der Waals surface area (Å²) in [4.78, 5) is 30.4. The lowest BCUT2D eigenvalue weighted by atomic mass is 9.82. The van der Waals surface area contributed by atoms with E-state index < -0.39 is 34.7 Å². The number of carbonyl (C=O) groups excluding carboxylic acids is 2. The lowest BCUT2D eigenvalue weighted by molar-refractivity contribution is -0.150. The molecule has 26 heavy (non-hydrogen) atoms. The van der Waals surface area contributed by atoms with Crippen LogP contribution < -0.4 is 0 Å². The maximum absolute atomic E-state index is 14.1. The first-order valence-electron chi connectivity index (χ1n) is 8.07. The molecule has 0 N–H and O–H groups in total. The highest BCUT2D eigenvalue weighted by molar-refractivity contribution is 7.15. The van der Waals surface area contributed by atoms with Crippen molar-refractivity contribution in [3.63, 3.8) is 0 Å². The van der Waals surface area contributed by atoms with Gasteiger partial charge in [0.15, 0.2) is 17.1 Å². The van der Waals surface area contributed by atoms with Crippen molar-refractivity contribution in [1.82, 2.24) is 4.98 Å². The Bertz CT molecular complexity index is 933. The van der Waals surface area contributed by atoms with Gasteiger partial charge in [-0.25, -0.2) is 13.8 Å². The van der Waals surface area contributed by atoms with Crippen molar-refractivity contribution < 1.29 is 23.1 Å². The molecule has 7 heteroatoms. The molecule has 1 saturated heterocycles. The Balaban J connectivity index is 2.13. The first kappa shape index (κ1) is 18.4. The Hall–Kier alpha value is -2.41. The number of Topliss-reactive ketones (excluding diaryl/α,β-unsaturated/α-hetero) is 2. The zero-order chi connectivity index (χ0) is 19.2. The zero-order valence-electron chi connectivity index (χ0n) is 14.6. The normalized spacial score (nSPS) is 19.6. The predicted molar refractivity (Wildman–Crippen MR) is 93.9 cm³/mol. The molecule has 0 amide bonds. The third kappa shape index (κ3) is 2.96. The summed E-state index contributed by atoms with van der Waals surface area (Å²) in [5.41, 5.74) is -0.780. The van der Waals surface area contributed by atoms with Gasteiger partial charge in [-0.05, 0) is 32.4 Å². The third-order valence-electron chi connectivity index (χ3n) is 4.25. The van der Waals surface area contributed by atoms with E-state index in [-0.39, 0.29) is 11.3 Å². The highest BCUT2D eigenvalue weighted by Crippen LogP contribution is 2.39. The standard InChI is InChI=1S/C19H17F2NO3S/c1-5-13-15(14-16(23)9(2)25-19(3,4)17(14)24)22-18(26-13)11-7-6-10(20)8-12(11)21/h6-8,14H,2,5H2,1,3-4H3. The smallest absolute Gasteiger partial charge is 0.213 e. The summed E-state index contributed by atoms with van der Waals surface area (Å²) in [6, 6.07) is 3.21. The molecule has 1 aliphatic heterocycles. The van der Waals surface area contributed by atoms with Gasteiger partial charge in [-0.1, -0.05) is 13.5 Å². The topological polar surface area (TPSA) is 56.3 Å². The van der Waals surface area contributed by atoms with Crippen LogP contribution in [-0.2, 0) is 20.7 Å². The number of benzene rings is 1. The van der Waals surface area contributed by atoms with Crippen LogP contribution in [0.3, 0.4) is 0 Å². The van der Waals surface area contributed by atoms with Gasteiger partial charge in [-0.2, -0.15) is 0 Å². The number of thiazole rings is 1. The summed E-state index contributed by atoms with van der Waals surface area (Å²) < 4.78 is 32.6. The molecule has 136 valence electrons. The van der Waals surface area contributed by atoms with Gasteiger partial charge in [0, 0.05) is 16.5 Å². The van der Waals surface area contributed by atoms with E-state index >= 15 is 0 Å². The molecule has 2 aromatic rings. The molecule has 3 rings (SSSR count). The van der Waals surface area contributed by atoms with Crippen LogP contribution in [0.2, 0.25) is 0 Å². The average molecular weight is 377 g/mol. The Kier molecular flexibility index (Phi) is 4.52. The first-order chi connectivity index (χ1) is 12.2. The lowest BCUT2D eigenvalue weighted by Crippen LogP contribution is -2.47. The molecule has 0 bridgehead atoms. The summed E-state index contributed by atoms with van der Waals surface area (Å²) in [5.74, 6) is -3.62. The van der Waals surface area contributed by atoms with Gasteiger partial charge in [0.05, 0.1) is 5.69 Å². The van der Waals surface area contributed by atoms with Crippen molar-refractivity contribution in [2.45, 2.75) is 38.7 Å². The minimum atomic E-state index is -1.20. The Labute approximate surface area is 153 Å². The van der Waals surface area contributed by atoms with Gasteiger partial charge in [-0.15, -0.1) is 11.3 Å². The monoisotopic (exact) mass is 377 g/mol. The van der Waals surface area contributed by atoms with Gasteiger partial charge in [0.25, 0.3) is 0 Å². The summed E-state index contributed by atoms with van der Waals surface area (Å²) in [6.45, 7) is 8.59. The van der Waals surface area contributed by atoms with Crippen molar-refractivity contribution in [2.24, 2.45) is 0 Å². The summed E-state index contributed by atoms with van der Waals surface area (Å²) >= 11 is 1.18. The molecular weight excluding hydrogens is 360 g/mol. The number of nitrogens with zero attached hydrogens (tertiary/aromatic N) is 1. The molecule has 0 saturated carbocycles. The minimum absolute atomic E-state index is 0.0934. The second kappa shape index (κ2) is 6.39. The molecule has 1 atom stereocenters. The minimum Gasteiger partial charge on any atom is -0.477 e. The van der Waals surface area contributed by atoms with Crippen LogP contribution >= 0.6 is 11.3 Å². The van der Waals surface area contributed by atoms with E-state index in [1.54, 1.807) is 13.8 Å². The van der Waals surface area contributed by atoms with Crippen LogP contribution in [0.15, 0.2) is 30.5 Å². The Morgan fingerprint density at radius 2 is 2.00 bits per heavy atom. The van der Waals surface area contributed by atoms with Gasteiger partial charge in [-0.3, -0.25) is 9.59 Å². The maximum Gasteiger partial charge on any atom is 0.213 e. The fraction of sp³-hybridized carbons (Fsp3) is 0.316. The largest absolute Gasteiger partial charge is 0.477 e. The summed E-state index contributed by atoms with van der Waals surface area (Å²) in [7, 11) is 0. The van der Waals surface area contributed by atoms with Gasteiger partial charge < -0.3 is 4.74 Å². The number of rotatable bonds is 3. The van der Waals surface area contributed by atoms with Gasteiger partial charge in [0.2, 0.25) is 5.78 Å². The number of halogens is 2. The number of ether oxygens (including phenoxy) is 1. The lowest BCUT2D eigenvalue weighted by Gasteiger charge is -2.34. The van der Waals surface area contributed by atoms with Crippen LogP contribution in [0.25, 0.3) is 10.6 Å². The third-order valence-corrected chi connectivity index (χ3v) is 5.50. The molecule has 1 aromatic carbocycles. The number of hydrogen-bond acceptors (Lipinski definition) is 5. The zero-order valence-corrected chi connectivity index (χ0v) is 15.4. The van der Waals surface area contributed by atoms with Crippen molar-refractivity contribution in [2.75, 3.05) is 0 Å². The van der Waals surface area contributed by atoms with Crippen molar-refractivity contribution >= 4 is 22.9 Å². The molecule has 0 spiro atoms. The molecule has 1 unspecified atom stereocenters. The predicted octanol–water partition coefficient (Wildman–Crippen LogP) is 4.20. The highest BCUT2D eigenvalue weighted by atomic mass is 32.1. The molecule has 2 heterocycles. The van der Waals surface area contributed by atoms with Crippen LogP contribution in [0.5, 0.6) is 0 Å². The van der Waals surface area contributed by atoms with Crippen LogP contribution in [-0.4, -0.2) is 22.2 Å². The molecule has 4 nitrogen and oxygen atoms in total. The highest BCUT2D eigenvalue weighted by Gasteiger charge is 2.48. The van der Waals surface area contributed by atoms with Crippen molar-refractivity contribution in [3.05, 3.63) is 52.7 Å². The second-order valence-corrected chi connectivity index (χ2v) is 7.59. The van der Waals surface area contributed by atoms with E-state index in [1.165, 1.54) is 17.4 Å². The number of aryl methyl sites for hydroxylation is 1. The maximum atomic E-state index is 14.1. The number of allylic oxidation sites excluding steroid dienone is 1. The summed E-state index contributed by atoms with van der Waals surface area (Å²) in [5, 5.41) is 0.296. The van der Waals surface area contributed by atoms with Crippen molar-refractivity contribution in [1.29, 1.82) is 0 Å². The van der Waals surface area contributed by atoms with E-state index in [0.29, 0.717) is 22.0 Å². The molecular formula is C19H17F2NO3S. The van der Waals surface area contributed by atoms with E-state index in [2.05, 4.69) is 11.6 Å². The van der Waals surface area contributed by atoms with Crippen LogP contribution in [0, 0.1) is 11.6 Å². The Morgan fingerprint density at radius 3 is 2.62 bits per heavy atom. The molecule has 0 aliphatic carbocycles. The fourth-order valence-corrected chi connectivity index (χ4v) is 3.97. The quantitative estimate of drug-likeness (QED) is 0.594. The number of carbonyl (C=O) groups is 2. The van der Waals surface area contributed by atoms with Gasteiger partial charge >= 0.3 is 0 Å². The van der Waals surface area contributed by atoms with E-state index in [4.69, 9.17) is 4.74 Å². The van der Waals surface area contributed by atoms with Gasteiger partial charge in [0.1, 0.15) is 22.6 Å². The van der Waals surface area contributed by atoms with E-state index in [0.717, 1.165) is 12.1 Å². The fourth-order valence-electron chi connectivity index (χ4n) is 2.91. The van der Waals surface area contributed by atoms with Crippen molar-refractivity contribution in [3.8, 4) is 10.6 Å². The summed E-state index contributed by atoms with van der Waals surface area (Å²) in [6.07, 6.45) is 0.515. The SMILES string of the molecule is C=C1OC(C)(C)C(=O)C(c2nc(-c3ccc(F)cc3F)sc2CC)C1=O. The molecule has 0 radical (unpaired) electrons. The van der Waals surface area contributed by atoms with Crippen LogP contribution in [0.1, 0.15) is 37.3 Å². The molecule has 1 aliphatic rings. The average Bonchev–Trinajstić information content (AvgIpc) is 2.97.